The van der Waals surface area contributed by atoms with E-state index in [-0.39, 0.29) is 6.04 Å². The normalized spacial score (nSPS) is 13.4. The van der Waals surface area contributed by atoms with Crippen molar-refractivity contribution in [2.45, 2.75) is 19.5 Å². The van der Waals surface area contributed by atoms with Crippen LogP contribution in [0.5, 0.6) is 0 Å². The first-order valence-corrected chi connectivity index (χ1v) is 6.08. The Morgan fingerprint density at radius 2 is 2.22 bits per heavy atom. The molecule has 0 fully saturated rings. The molecular weight excluding hydrogens is 228 g/mol. The third-order valence-corrected chi connectivity index (χ3v) is 2.86. The van der Waals surface area contributed by atoms with Crippen LogP contribution in [0.25, 0.3) is 11.1 Å². The lowest BCUT2D eigenvalue weighted by molar-refractivity contribution is 0.305. The second-order valence-electron chi connectivity index (χ2n) is 4.73. The fourth-order valence-electron chi connectivity index (χ4n) is 2.03. The smallest absolute Gasteiger partial charge is 0.192 e. The maximum atomic E-state index is 5.83. The fraction of sp³-hybridized carbons (Fsp3) is 0.462. The van der Waals surface area contributed by atoms with Crippen molar-refractivity contribution < 1.29 is 4.42 Å². The van der Waals surface area contributed by atoms with Crippen molar-refractivity contribution in [3.8, 4) is 0 Å². The van der Waals surface area contributed by atoms with Crippen molar-refractivity contribution in [2.24, 2.45) is 11.5 Å². The summed E-state index contributed by atoms with van der Waals surface area (Å²) in [5, 5.41) is 0. The van der Waals surface area contributed by atoms with Crippen LogP contribution in [-0.4, -0.2) is 36.1 Å². The molecule has 1 heterocycles. The van der Waals surface area contributed by atoms with Crippen LogP contribution in [0.15, 0.2) is 22.6 Å². The number of likely N-dealkylation sites (N-methyl/N-ethyl adjacent to an activating group) is 1. The summed E-state index contributed by atoms with van der Waals surface area (Å²) in [6, 6.07) is 6.10. The van der Waals surface area contributed by atoms with Gasteiger partial charge in [0.15, 0.2) is 11.5 Å². The van der Waals surface area contributed by atoms with Gasteiger partial charge in [0.25, 0.3) is 0 Å². The molecule has 5 heteroatoms. The van der Waals surface area contributed by atoms with Crippen LogP contribution in [0.3, 0.4) is 0 Å². The van der Waals surface area contributed by atoms with E-state index in [9.17, 15) is 0 Å². The molecule has 98 valence electrons. The quantitative estimate of drug-likeness (QED) is 0.820. The van der Waals surface area contributed by atoms with Gasteiger partial charge in [0, 0.05) is 32.6 Å². The van der Waals surface area contributed by atoms with Gasteiger partial charge in [-0.05, 0) is 24.7 Å². The molecule has 0 spiro atoms. The molecule has 1 unspecified atom stereocenters. The van der Waals surface area contributed by atoms with Crippen LogP contribution in [0, 0.1) is 6.92 Å². The van der Waals surface area contributed by atoms with Crippen LogP contribution < -0.4 is 11.5 Å². The van der Waals surface area contributed by atoms with Crippen molar-refractivity contribution in [3.05, 3.63) is 29.7 Å². The number of aromatic nitrogens is 1. The van der Waals surface area contributed by atoms with Gasteiger partial charge in [0.05, 0.1) is 0 Å². The van der Waals surface area contributed by atoms with E-state index in [4.69, 9.17) is 15.9 Å². The lowest BCUT2D eigenvalue weighted by Crippen LogP contribution is -2.40. The topological polar surface area (TPSA) is 81.3 Å². The minimum absolute atomic E-state index is 0.0197. The van der Waals surface area contributed by atoms with Gasteiger partial charge in [-0.1, -0.05) is 6.07 Å². The van der Waals surface area contributed by atoms with E-state index in [0.29, 0.717) is 12.4 Å². The summed E-state index contributed by atoms with van der Waals surface area (Å²) in [4.78, 5) is 6.43. The van der Waals surface area contributed by atoms with Crippen LogP contribution in [0.4, 0.5) is 0 Å². The zero-order chi connectivity index (χ0) is 13.1. The van der Waals surface area contributed by atoms with Crippen LogP contribution in [0.1, 0.15) is 11.5 Å². The summed E-state index contributed by atoms with van der Waals surface area (Å²) in [7, 11) is 2.03. The predicted octanol–water partition coefficient (Wildman–Crippen LogP) is 0.854. The molecular formula is C13H20N4O. The maximum absolute atomic E-state index is 5.83. The highest BCUT2D eigenvalue weighted by atomic mass is 16.3. The molecule has 0 aliphatic heterocycles. The second kappa shape index (κ2) is 5.48. The van der Waals surface area contributed by atoms with Crippen LogP contribution >= 0.6 is 0 Å². The molecule has 0 saturated carbocycles. The zero-order valence-corrected chi connectivity index (χ0v) is 10.9. The molecule has 4 N–H and O–H groups in total. The summed E-state index contributed by atoms with van der Waals surface area (Å²) in [5.74, 6) is 0.695. The number of hydrogen-bond acceptors (Lipinski definition) is 5. The molecule has 18 heavy (non-hydrogen) atoms. The molecule has 2 aromatic rings. The predicted molar refractivity (Wildman–Crippen MR) is 72.1 cm³/mol. The number of rotatable bonds is 5. The molecule has 1 aromatic heterocycles. The van der Waals surface area contributed by atoms with Gasteiger partial charge in [-0.2, -0.15) is 0 Å². The van der Waals surface area contributed by atoms with Crippen molar-refractivity contribution in [1.82, 2.24) is 9.88 Å². The van der Waals surface area contributed by atoms with Gasteiger partial charge in [-0.25, -0.2) is 4.98 Å². The number of oxazole rings is 1. The Bertz CT molecular complexity index is 523. The van der Waals surface area contributed by atoms with Gasteiger partial charge in [0.1, 0.15) is 5.52 Å². The minimum Gasteiger partial charge on any atom is -0.441 e. The highest BCUT2D eigenvalue weighted by Gasteiger charge is 2.08. The molecule has 2 rings (SSSR count). The molecule has 0 aliphatic carbocycles. The first-order chi connectivity index (χ1) is 8.58. The summed E-state index contributed by atoms with van der Waals surface area (Å²) in [5.41, 5.74) is 14.3. The van der Waals surface area contributed by atoms with E-state index in [0.717, 1.165) is 24.2 Å². The van der Waals surface area contributed by atoms with Crippen molar-refractivity contribution >= 4 is 11.1 Å². The Hall–Kier alpha value is -1.43. The molecule has 1 atom stereocenters. The molecule has 0 aliphatic rings. The van der Waals surface area contributed by atoms with E-state index < -0.39 is 0 Å². The highest BCUT2D eigenvalue weighted by molar-refractivity contribution is 5.73. The third kappa shape index (κ3) is 3.07. The molecule has 1 aromatic carbocycles. The Morgan fingerprint density at radius 1 is 1.44 bits per heavy atom. The van der Waals surface area contributed by atoms with Gasteiger partial charge >= 0.3 is 0 Å². The van der Waals surface area contributed by atoms with E-state index >= 15 is 0 Å². The first-order valence-electron chi connectivity index (χ1n) is 6.08. The average molecular weight is 248 g/mol. The summed E-state index contributed by atoms with van der Waals surface area (Å²) < 4.78 is 5.52. The van der Waals surface area contributed by atoms with E-state index in [2.05, 4.69) is 16.0 Å². The van der Waals surface area contributed by atoms with Gasteiger partial charge in [-0.3, -0.25) is 0 Å². The molecule has 5 nitrogen and oxygen atoms in total. The molecule has 0 amide bonds. The SMILES string of the molecule is Cc1nc2ccc(CN(C)CC(N)CN)cc2o1. The van der Waals surface area contributed by atoms with Gasteiger partial charge in [0.2, 0.25) is 0 Å². The fourth-order valence-corrected chi connectivity index (χ4v) is 2.03. The van der Waals surface area contributed by atoms with E-state index in [1.54, 1.807) is 0 Å². The van der Waals surface area contributed by atoms with Crippen molar-refractivity contribution in [1.29, 1.82) is 0 Å². The summed E-state index contributed by atoms with van der Waals surface area (Å²) in [6.45, 7) is 3.96. The van der Waals surface area contributed by atoms with Crippen molar-refractivity contribution in [3.63, 3.8) is 0 Å². The number of nitrogens with two attached hydrogens (primary N) is 2. The monoisotopic (exact) mass is 248 g/mol. The standard InChI is InChI=1S/C13H20N4O/c1-9-16-12-4-3-10(5-13(12)18-9)7-17(2)8-11(15)6-14/h3-5,11H,6-8,14-15H2,1-2H3. The summed E-state index contributed by atoms with van der Waals surface area (Å²) >= 11 is 0. The number of benzene rings is 1. The highest BCUT2D eigenvalue weighted by Crippen LogP contribution is 2.17. The van der Waals surface area contributed by atoms with Gasteiger partial charge < -0.3 is 20.8 Å². The Balaban J connectivity index is 2.07. The average Bonchev–Trinajstić information content (AvgIpc) is 2.68. The van der Waals surface area contributed by atoms with Gasteiger partial charge in [-0.15, -0.1) is 0 Å². The first kappa shape index (κ1) is 13.0. The summed E-state index contributed by atoms with van der Waals surface area (Å²) in [6.07, 6.45) is 0. The van der Waals surface area contributed by atoms with E-state index in [1.807, 2.05) is 26.1 Å². The number of fused-ring (bicyclic) bond motifs is 1. The van der Waals surface area contributed by atoms with Crippen LogP contribution in [0.2, 0.25) is 0 Å². The number of hydrogen-bond donors (Lipinski definition) is 2. The Kier molecular flexibility index (Phi) is 3.96. The Labute approximate surface area is 107 Å². The lowest BCUT2D eigenvalue weighted by Gasteiger charge is -2.20. The molecule has 0 bridgehead atoms. The number of aryl methyl sites for hydroxylation is 1. The van der Waals surface area contributed by atoms with Crippen LogP contribution in [-0.2, 0) is 6.54 Å². The molecule has 0 radical (unpaired) electrons. The second-order valence-corrected chi connectivity index (χ2v) is 4.73. The van der Waals surface area contributed by atoms with E-state index in [1.165, 1.54) is 5.56 Å². The lowest BCUT2D eigenvalue weighted by atomic mass is 10.2. The number of nitrogens with zero attached hydrogens (tertiary/aromatic N) is 2. The zero-order valence-electron chi connectivity index (χ0n) is 10.9. The molecule has 0 saturated heterocycles. The largest absolute Gasteiger partial charge is 0.441 e. The van der Waals surface area contributed by atoms with Crippen molar-refractivity contribution in [2.75, 3.05) is 20.1 Å². The Morgan fingerprint density at radius 3 is 2.94 bits per heavy atom. The third-order valence-electron chi connectivity index (χ3n) is 2.86. The maximum Gasteiger partial charge on any atom is 0.192 e. The minimum atomic E-state index is 0.0197.